The van der Waals surface area contributed by atoms with Gasteiger partial charge in [-0.2, -0.15) is 5.10 Å². The van der Waals surface area contributed by atoms with E-state index in [9.17, 15) is 4.79 Å². The number of para-hydroxylation sites is 1. The second-order valence-electron chi connectivity index (χ2n) is 7.89. The van der Waals surface area contributed by atoms with Crippen molar-refractivity contribution in [3.05, 3.63) is 83.3 Å². The topological polar surface area (TPSA) is 121 Å². The summed E-state index contributed by atoms with van der Waals surface area (Å²) in [6.07, 6.45) is 11.6. The summed E-state index contributed by atoms with van der Waals surface area (Å²) in [5, 5.41) is 11.9. The molecule has 9 nitrogen and oxygen atoms in total. The molecule has 0 fully saturated rings. The van der Waals surface area contributed by atoms with Crippen LogP contribution in [0.2, 0.25) is 5.02 Å². The Kier molecular flexibility index (Phi) is 8.28. The van der Waals surface area contributed by atoms with E-state index in [1.807, 2.05) is 42.6 Å². The highest BCUT2D eigenvalue weighted by molar-refractivity contribution is 6.30. The molecule has 0 unspecified atom stereocenters. The zero-order chi connectivity index (χ0) is 25.3. The van der Waals surface area contributed by atoms with Gasteiger partial charge >= 0.3 is 0 Å². The van der Waals surface area contributed by atoms with Gasteiger partial charge in [-0.1, -0.05) is 35.9 Å². The smallest absolute Gasteiger partial charge is 0.244 e. The maximum atomic E-state index is 12.9. The molecule has 184 valence electrons. The fourth-order valence-corrected chi connectivity index (χ4v) is 3.90. The first kappa shape index (κ1) is 24.9. The van der Waals surface area contributed by atoms with Crippen LogP contribution in [0.3, 0.4) is 0 Å². The first-order valence-corrected chi connectivity index (χ1v) is 11.7. The lowest BCUT2D eigenvalue weighted by atomic mass is 10.1. The van der Waals surface area contributed by atoms with Crippen LogP contribution in [0.1, 0.15) is 30.3 Å². The minimum absolute atomic E-state index is 0.293. The van der Waals surface area contributed by atoms with Gasteiger partial charge in [-0.15, -0.1) is 5.10 Å². The standard InChI is InChI=1S/C26H26ClN7O2/c1-29-31-17-34(28)23-12-11-19(27)15-18(23)10-13-25(35)32-21-8-3-2-6-14-36-24-9-5-4-7-20(24)22-16-30-26(21)33-22/h2-5,7,9-13,15-17,21H,1,6,8,14,28H2,(H,30,33)(H,32,35)/b3-2+,13-10+,31-17-/t21-/m0/s1. The number of benzene rings is 2. The quantitative estimate of drug-likeness (QED) is 0.113. The van der Waals surface area contributed by atoms with Gasteiger partial charge in [0.15, 0.2) is 0 Å². The van der Waals surface area contributed by atoms with E-state index in [-0.39, 0.29) is 11.9 Å². The van der Waals surface area contributed by atoms with Crippen LogP contribution >= 0.6 is 11.6 Å². The maximum Gasteiger partial charge on any atom is 0.244 e. The second kappa shape index (κ2) is 12.0. The molecule has 0 aliphatic carbocycles. The predicted octanol–water partition coefficient (Wildman–Crippen LogP) is 4.65. The summed E-state index contributed by atoms with van der Waals surface area (Å²) in [4.78, 5) is 20.8. The molecule has 2 aromatic carbocycles. The molecule has 1 aliphatic heterocycles. The molecule has 1 amide bonds. The molecule has 2 bridgehead atoms. The Labute approximate surface area is 214 Å². The Hall–Kier alpha value is -4.21. The Morgan fingerprint density at radius 1 is 1.31 bits per heavy atom. The number of amides is 1. The van der Waals surface area contributed by atoms with Crippen LogP contribution in [0, 0.1) is 0 Å². The van der Waals surface area contributed by atoms with Gasteiger partial charge in [0.2, 0.25) is 5.91 Å². The van der Waals surface area contributed by atoms with Crippen molar-refractivity contribution in [2.75, 3.05) is 11.6 Å². The van der Waals surface area contributed by atoms with Crippen LogP contribution in [0.15, 0.2) is 77.1 Å². The van der Waals surface area contributed by atoms with Crippen LogP contribution in [0.5, 0.6) is 5.75 Å². The van der Waals surface area contributed by atoms with Crippen LogP contribution in [-0.2, 0) is 4.79 Å². The number of aromatic amines is 1. The number of imidazole rings is 1. The molecule has 4 rings (SSSR count). The third-order valence-corrected chi connectivity index (χ3v) is 5.66. The Morgan fingerprint density at radius 3 is 3.03 bits per heavy atom. The number of aromatic nitrogens is 2. The summed E-state index contributed by atoms with van der Waals surface area (Å²) in [5.41, 5.74) is 2.86. The molecular weight excluding hydrogens is 478 g/mol. The van der Waals surface area contributed by atoms with Gasteiger partial charge in [0, 0.05) is 35.1 Å². The van der Waals surface area contributed by atoms with E-state index >= 15 is 0 Å². The van der Waals surface area contributed by atoms with Crippen molar-refractivity contribution in [3.8, 4) is 17.0 Å². The van der Waals surface area contributed by atoms with E-state index < -0.39 is 0 Å². The third-order valence-electron chi connectivity index (χ3n) is 5.43. The Bertz CT molecular complexity index is 1320. The summed E-state index contributed by atoms with van der Waals surface area (Å²) in [7, 11) is 0. The summed E-state index contributed by atoms with van der Waals surface area (Å²) in [6, 6.07) is 12.5. The lowest BCUT2D eigenvalue weighted by molar-refractivity contribution is -0.117. The lowest BCUT2D eigenvalue weighted by Crippen LogP contribution is -2.29. The van der Waals surface area contributed by atoms with Gasteiger partial charge < -0.3 is 15.0 Å². The number of halogens is 1. The lowest BCUT2D eigenvalue weighted by Gasteiger charge is -2.16. The molecular formula is C26H26ClN7O2. The Morgan fingerprint density at radius 2 is 2.17 bits per heavy atom. The van der Waals surface area contributed by atoms with E-state index in [1.54, 1.807) is 24.3 Å². The van der Waals surface area contributed by atoms with E-state index in [2.05, 4.69) is 27.2 Å². The number of hydrogen-bond acceptors (Lipinski definition) is 6. The normalized spacial score (nSPS) is 16.4. The number of carbonyl (C=O) groups is 1. The predicted molar refractivity (Wildman–Crippen MR) is 144 cm³/mol. The average Bonchev–Trinajstić information content (AvgIpc) is 3.37. The van der Waals surface area contributed by atoms with Crippen molar-refractivity contribution in [1.29, 1.82) is 0 Å². The number of anilines is 1. The Balaban J connectivity index is 1.55. The molecule has 0 saturated carbocycles. The van der Waals surface area contributed by atoms with Gasteiger partial charge in [-0.3, -0.25) is 9.80 Å². The van der Waals surface area contributed by atoms with E-state index in [0.29, 0.717) is 35.1 Å². The van der Waals surface area contributed by atoms with E-state index in [1.165, 1.54) is 17.4 Å². The number of rotatable bonds is 6. The van der Waals surface area contributed by atoms with Gasteiger partial charge in [-0.25, -0.2) is 10.8 Å². The SMILES string of the molecule is C=N/N=C\N(N)c1ccc(Cl)cc1/C=C/C(=O)N[C@H]1C/C=C/CCOc2ccccc2-c2c[nH]c1n2. The monoisotopic (exact) mass is 503 g/mol. The molecule has 36 heavy (non-hydrogen) atoms. The highest BCUT2D eigenvalue weighted by atomic mass is 35.5. The molecule has 2 heterocycles. The molecule has 3 aromatic rings. The van der Waals surface area contributed by atoms with Gasteiger partial charge in [0.05, 0.1) is 24.0 Å². The number of fused-ring (bicyclic) bond motifs is 4. The summed E-state index contributed by atoms with van der Waals surface area (Å²) >= 11 is 6.16. The van der Waals surface area contributed by atoms with Crippen LogP contribution in [0.25, 0.3) is 17.3 Å². The van der Waals surface area contributed by atoms with Crippen molar-refractivity contribution in [3.63, 3.8) is 0 Å². The van der Waals surface area contributed by atoms with E-state index in [4.69, 9.17) is 27.2 Å². The first-order valence-electron chi connectivity index (χ1n) is 11.3. The van der Waals surface area contributed by atoms with Crippen molar-refractivity contribution >= 4 is 42.3 Å². The largest absolute Gasteiger partial charge is 0.493 e. The number of H-pyrrole nitrogens is 1. The van der Waals surface area contributed by atoms with E-state index in [0.717, 1.165) is 23.4 Å². The maximum absolute atomic E-state index is 12.9. The van der Waals surface area contributed by atoms with Gasteiger partial charge in [-0.05, 0) is 49.2 Å². The fourth-order valence-electron chi connectivity index (χ4n) is 3.72. The van der Waals surface area contributed by atoms with Gasteiger partial charge in [0.1, 0.15) is 17.9 Å². The van der Waals surface area contributed by atoms with Crippen LogP contribution in [0.4, 0.5) is 5.69 Å². The minimum atomic E-state index is -0.352. The number of nitrogens with two attached hydrogens (primary N) is 1. The van der Waals surface area contributed by atoms with Gasteiger partial charge in [0.25, 0.3) is 0 Å². The molecule has 0 saturated heterocycles. The molecule has 0 radical (unpaired) electrons. The number of carbonyl (C=O) groups excluding carboxylic acids is 1. The van der Waals surface area contributed by atoms with Crippen molar-refractivity contribution in [2.24, 2.45) is 16.0 Å². The molecule has 4 N–H and O–H groups in total. The molecule has 1 aliphatic rings. The molecule has 10 heteroatoms. The fraction of sp³-hybridized carbons (Fsp3) is 0.154. The summed E-state index contributed by atoms with van der Waals surface area (Å²) in [5.74, 6) is 7.15. The third kappa shape index (κ3) is 6.26. The van der Waals surface area contributed by atoms with Crippen molar-refractivity contribution in [2.45, 2.75) is 18.9 Å². The van der Waals surface area contributed by atoms with Crippen LogP contribution in [-0.4, -0.2) is 35.5 Å². The average molecular weight is 504 g/mol. The summed E-state index contributed by atoms with van der Waals surface area (Å²) in [6.45, 7) is 3.84. The minimum Gasteiger partial charge on any atom is -0.493 e. The number of ether oxygens (including phenoxy) is 1. The molecule has 1 atom stereocenters. The molecule has 1 aromatic heterocycles. The van der Waals surface area contributed by atoms with Crippen molar-refractivity contribution < 1.29 is 9.53 Å². The number of nitrogens with zero attached hydrogens (tertiary/aromatic N) is 4. The number of nitrogens with one attached hydrogen (secondary N) is 2. The highest BCUT2D eigenvalue weighted by Gasteiger charge is 2.18. The zero-order valence-electron chi connectivity index (χ0n) is 19.5. The first-order chi connectivity index (χ1) is 17.5. The van der Waals surface area contributed by atoms with Crippen LogP contribution < -0.4 is 20.9 Å². The molecule has 0 spiro atoms. The zero-order valence-corrected chi connectivity index (χ0v) is 20.2. The van der Waals surface area contributed by atoms with Crippen molar-refractivity contribution in [1.82, 2.24) is 15.3 Å². The second-order valence-corrected chi connectivity index (χ2v) is 8.33. The number of hydrazine groups is 1. The summed E-state index contributed by atoms with van der Waals surface area (Å²) < 4.78 is 5.93. The highest BCUT2D eigenvalue weighted by Crippen LogP contribution is 2.30. The number of hydrogen-bond donors (Lipinski definition) is 3.